The average molecular weight is 405 g/mol. The van der Waals surface area contributed by atoms with Crippen LogP contribution in [0.15, 0.2) is 59.0 Å². The van der Waals surface area contributed by atoms with Crippen molar-refractivity contribution < 1.29 is 9.21 Å². The molecule has 1 atom stereocenters. The predicted octanol–water partition coefficient (Wildman–Crippen LogP) is 4.87. The standard InChI is InChI=1S/C18H16INO2/c1-12(17-11-13-6-3-4-9-16(13)22-17)20(2)18(21)14-7-5-8-15(19)10-14/h3-12H,1-2H3. The lowest BCUT2D eigenvalue weighted by Gasteiger charge is -2.23. The number of halogens is 1. The second kappa shape index (κ2) is 6.12. The molecule has 0 fully saturated rings. The summed E-state index contributed by atoms with van der Waals surface area (Å²) in [5.74, 6) is 0.786. The normalized spacial score (nSPS) is 12.3. The number of nitrogens with zero attached hydrogens (tertiary/aromatic N) is 1. The average Bonchev–Trinajstić information content (AvgIpc) is 2.96. The van der Waals surface area contributed by atoms with Crippen molar-refractivity contribution in [3.05, 3.63) is 69.5 Å². The van der Waals surface area contributed by atoms with Crippen LogP contribution in [0, 0.1) is 3.57 Å². The molecule has 0 saturated carbocycles. The predicted molar refractivity (Wildman–Crippen MR) is 95.9 cm³/mol. The molecule has 22 heavy (non-hydrogen) atoms. The smallest absolute Gasteiger partial charge is 0.254 e. The van der Waals surface area contributed by atoms with E-state index in [-0.39, 0.29) is 11.9 Å². The van der Waals surface area contributed by atoms with Gasteiger partial charge in [0.1, 0.15) is 11.3 Å². The first-order chi connectivity index (χ1) is 10.6. The van der Waals surface area contributed by atoms with Crippen LogP contribution in [-0.2, 0) is 0 Å². The van der Waals surface area contributed by atoms with Gasteiger partial charge in [-0.25, -0.2) is 0 Å². The van der Waals surface area contributed by atoms with Crippen LogP contribution in [0.2, 0.25) is 0 Å². The van der Waals surface area contributed by atoms with Crippen molar-refractivity contribution >= 4 is 39.5 Å². The Morgan fingerprint density at radius 1 is 1.14 bits per heavy atom. The van der Waals surface area contributed by atoms with Crippen LogP contribution in [0.5, 0.6) is 0 Å². The molecule has 0 saturated heterocycles. The van der Waals surface area contributed by atoms with Crippen molar-refractivity contribution in [2.45, 2.75) is 13.0 Å². The maximum absolute atomic E-state index is 12.6. The summed E-state index contributed by atoms with van der Waals surface area (Å²) in [6.45, 7) is 1.98. The van der Waals surface area contributed by atoms with Gasteiger partial charge in [0.25, 0.3) is 5.91 Å². The number of carbonyl (C=O) groups is 1. The van der Waals surface area contributed by atoms with Crippen LogP contribution >= 0.6 is 22.6 Å². The highest BCUT2D eigenvalue weighted by Crippen LogP contribution is 2.27. The summed E-state index contributed by atoms with van der Waals surface area (Å²) in [5, 5.41) is 1.06. The molecule has 1 unspecified atom stereocenters. The lowest BCUT2D eigenvalue weighted by Crippen LogP contribution is -2.29. The number of carbonyl (C=O) groups excluding carboxylic acids is 1. The molecular weight excluding hydrogens is 389 g/mol. The molecule has 4 heteroatoms. The number of furan rings is 1. The van der Waals surface area contributed by atoms with E-state index in [4.69, 9.17) is 4.42 Å². The minimum absolute atomic E-state index is 0.00790. The second-order valence-corrected chi connectivity index (χ2v) is 6.53. The molecule has 0 spiro atoms. The number of rotatable bonds is 3. The molecule has 3 rings (SSSR count). The molecular formula is C18H16INO2. The minimum Gasteiger partial charge on any atom is -0.459 e. The molecule has 0 bridgehead atoms. The van der Waals surface area contributed by atoms with E-state index in [2.05, 4.69) is 22.6 Å². The van der Waals surface area contributed by atoms with Crippen LogP contribution < -0.4 is 0 Å². The van der Waals surface area contributed by atoms with Crippen LogP contribution in [0.4, 0.5) is 0 Å². The van der Waals surface area contributed by atoms with Crippen LogP contribution in [0.3, 0.4) is 0 Å². The van der Waals surface area contributed by atoms with Gasteiger partial charge in [0.2, 0.25) is 0 Å². The molecule has 3 aromatic rings. The van der Waals surface area contributed by atoms with E-state index < -0.39 is 0 Å². The number of benzene rings is 2. The molecule has 2 aromatic carbocycles. The maximum Gasteiger partial charge on any atom is 0.254 e. The number of para-hydroxylation sites is 1. The zero-order valence-electron chi connectivity index (χ0n) is 12.4. The molecule has 0 aliphatic heterocycles. The second-order valence-electron chi connectivity index (χ2n) is 5.29. The Labute approximate surface area is 143 Å². The lowest BCUT2D eigenvalue weighted by molar-refractivity contribution is 0.0727. The summed E-state index contributed by atoms with van der Waals surface area (Å²) in [4.78, 5) is 14.3. The molecule has 0 aliphatic rings. The van der Waals surface area contributed by atoms with E-state index in [9.17, 15) is 4.79 Å². The van der Waals surface area contributed by atoms with Gasteiger partial charge < -0.3 is 9.32 Å². The highest BCUT2D eigenvalue weighted by molar-refractivity contribution is 14.1. The zero-order chi connectivity index (χ0) is 15.7. The Morgan fingerprint density at radius 2 is 1.91 bits per heavy atom. The molecule has 112 valence electrons. The molecule has 3 nitrogen and oxygen atoms in total. The van der Waals surface area contributed by atoms with E-state index in [1.54, 1.807) is 11.9 Å². The minimum atomic E-state index is -0.127. The van der Waals surface area contributed by atoms with Crippen molar-refractivity contribution in [1.29, 1.82) is 0 Å². The van der Waals surface area contributed by atoms with Gasteiger partial charge in [0, 0.05) is 21.6 Å². The van der Waals surface area contributed by atoms with Crippen molar-refractivity contribution in [2.24, 2.45) is 0 Å². The van der Waals surface area contributed by atoms with E-state index in [1.165, 1.54) is 0 Å². The third kappa shape index (κ3) is 2.88. The van der Waals surface area contributed by atoms with Crippen LogP contribution in [-0.4, -0.2) is 17.9 Å². The Morgan fingerprint density at radius 3 is 2.64 bits per heavy atom. The summed E-state index contributed by atoms with van der Waals surface area (Å²) in [7, 11) is 1.81. The number of amides is 1. The molecule has 1 aromatic heterocycles. The summed E-state index contributed by atoms with van der Waals surface area (Å²) >= 11 is 2.21. The van der Waals surface area contributed by atoms with E-state index in [0.717, 1.165) is 20.3 Å². The quantitative estimate of drug-likeness (QED) is 0.583. The van der Waals surface area contributed by atoms with Gasteiger partial charge in [0.05, 0.1) is 6.04 Å². The highest BCUT2D eigenvalue weighted by Gasteiger charge is 2.21. The molecule has 0 radical (unpaired) electrons. The van der Waals surface area contributed by atoms with Crippen molar-refractivity contribution in [3.63, 3.8) is 0 Å². The molecule has 1 amide bonds. The molecule has 1 heterocycles. The monoisotopic (exact) mass is 405 g/mol. The Bertz CT molecular complexity index is 792. The Hall–Kier alpha value is -1.82. The highest BCUT2D eigenvalue weighted by atomic mass is 127. The fourth-order valence-electron chi connectivity index (χ4n) is 2.40. The lowest BCUT2D eigenvalue weighted by atomic mass is 10.1. The van der Waals surface area contributed by atoms with E-state index >= 15 is 0 Å². The van der Waals surface area contributed by atoms with Crippen molar-refractivity contribution in [2.75, 3.05) is 7.05 Å². The Kier molecular flexibility index (Phi) is 4.20. The van der Waals surface area contributed by atoms with E-state index in [0.29, 0.717) is 5.56 Å². The van der Waals surface area contributed by atoms with Gasteiger partial charge in [-0.1, -0.05) is 24.3 Å². The summed E-state index contributed by atoms with van der Waals surface area (Å²) < 4.78 is 6.91. The first-order valence-corrected chi connectivity index (χ1v) is 8.15. The van der Waals surface area contributed by atoms with Crippen LogP contribution in [0.1, 0.15) is 29.1 Å². The third-order valence-corrected chi connectivity index (χ3v) is 4.50. The number of fused-ring (bicyclic) bond motifs is 1. The topological polar surface area (TPSA) is 33.5 Å². The molecule has 0 aliphatic carbocycles. The molecule has 0 N–H and O–H groups in total. The fraction of sp³-hybridized carbons (Fsp3) is 0.167. The fourth-order valence-corrected chi connectivity index (χ4v) is 2.94. The summed E-state index contributed by atoms with van der Waals surface area (Å²) in [6.07, 6.45) is 0. The maximum atomic E-state index is 12.6. The summed E-state index contributed by atoms with van der Waals surface area (Å²) in [5.41, 5.74) is 1.54. The van der Waals surface area contributed by atoms with Gasteiger partial charge >= 0.3 is 0 Å². The van der Waals surface area contributed by atoms with Gasteiger partial charge in [-0.3, -0.25) is 4.79 Å². The first kappa shape index (κ1) is 15.1. The van der Waals surface area contributed by atoms with Gasteiger partial charge in [-0.15, -0.1) is 0 Å². The zero-order valence-corrected chi connectivity index (χ0v) is 14.6. The Balaban J connectivity index is 1.87. The third-order valence-electron chi connectivity index (χ3n) is 3.83. The summed E-state index contributed by atoms with van der Waals surface area (Å²) in [6, 6.07) is 17.3. The SMILES string of the molecule is CC(c1cc2ccccc2o1)N(C)C(=O)c1cccc(I)c1. The number of hydrogen-bond acceptors (Lipinski definition) is 2. The van der Waals surface area contributed by atoms with Gasteiger partial charge in [0.15, 0.2) is 0 Å². The van der Waals surface area contributed by atoms with E-state index in [1.807, 2.05) is 61.5 Å². The first-order valence-electron chi connectivity index (χ1n) is 7.07. The number of hydrogen-bond donors (Lipinski definition) is 0. The van der Waals surface area contributed by atoms with Crippen molar-refractivity contribution in [1.82, 2.24) is 4.90 Å². The largest absolute Gasteiger partial charge is 0.459 e. The van der Waals surface area contributed by atoms with Crippen LogP contribution in [0.25, 0.3) is 11.0 Å². The van der Waals surface area contributed by atoms with Gasteiger partial charge in [-0.05, 0) is 59.8 Å². The van der Waals surface area contributed by atoms with Gasteiger partial charge in [-0.2, -0.15) is 0 Å². The van der Waals surface area contributed by atoms with Crippen molar-refractivity contribution in [3.8, 4) is 0 Å².